The summed E-state index contributed by atoms with van der Waals surface area (Å²) >= 11 is 0. The van der Waals surface area contributed by atoms with Crippen LogP contribution in [0.15, 0.2) is 48.0 Å². The molecule has 0 aliphatic rings. The van der Waals surface area contributed by atoms with Gasteiger partial charge in [0, 0.05) is 5.69 Å². The number of ether oxygens (including phenoxy) is 2. The summed E-state index contributed by atoms with van der Waals surface area (Å²) in [4.78, 5) is 24.8. The molecule has 31 heavy (non-hydrogen) atoms. The van der Waals surface area contributed by atoms with E-state index in [0.29, 0.717) is 11.3 Å². The number of amides is 1. The van der Waals surface area contributed by atoms with E-state index in [0.717, 1.165) is 16.8 Å². The Kier molecular flexibility index (Phi) is 8.39. The van der Waals surface area contributed by atoms with Crippen LogP contribution in [-0.2, 0) is 14.3 Å². The highest BCUT2D eigenvalue weighted by Crippen LogP contribution is 2.32. The van der Waals surface area contributed by atoms with Gasteiger partial charge in [-0.15, -0.1) is 0 Å². The van der Waals surface area contributed by atoms with Gasteiger partial charge in [0.05, 0.1) is 7.11 Å². The first-order valence-electron chi connectivity index (χ1n) is 10.1. The first-order valence-corrected chi connectivity index (χ1v) is 10.1. The van der Waals surface area contributed by atoms with Crippen LogP contribution in [0.5, 0.6) is 5.75 Å². The fraction of sp³-hybridized carbons (Fsp3) is 0.320. The van der Waals surface area contributed by atoms with E-state index in [2.05, 4.69) is 33.0 Å². The second-order valence-corrected chi connectivity index (χ2v) is 7.69. The van der Waals surface area contributed by atoms with Crippen molar-refractivity contribution in [1.29, 1.82) is 5.26 Å². The van der Waals surface area contributed by atoms with Crippen LogP contribution in [-0.4, -0.2) is 25.6 Å². The van der Waals surface area contributed by atoms with E-state index in [4.69, 9.17) is 9.47 Å². The Morgan fingerprint density at radius 3 is 2.23 bits per heavy atom. The number of hydrogen-bond donors (Lipinski definition) is 1. The number of benzene rings is 2. The number of rotatable bonds is 8. The molecule has 0 aromatic heterocycles. The molecular weight excluding hydrogens is 392 g/mol. The maximum atomic E-state index is 12.5. The molecule has 0 saturated heterocycles. The van der Waals surface area contributed by atoms with E-state index in [-0.39, 0.29) is 17.4 Å². The van der Waals surface area contributed by atoms with Crippen LogP contribution in [0.2, 0.25) is 0 Å². The molecule has 0 aliphatic carbocycles. The first-order chi connectivity index (χ1) is 14.8. The molecule has 6 nitrogen and oxygen atoms in total. The van der Waals surface area contributed by atoms with E-state index >= 15 is 0 Å². The average Bonchev–Trinajstić information content (AvgIpc) is 2.75. The van der Waals surface area contributed by atoms with Crippen LogP contribution in [0.4, 0.5) is 5.69 Å². The molecule has 2 aromatic rings. The predicted molar refractivity (Wildman–Crippen MR) is 121 cm³/mol. The van der Waals surface area contributed by atoms with Crippen LogP contribution < -0.4 is 10.1 Å². The number of nitrogens with zero attached hydrogens (tertiary/aromatic N) is 1. The van der Waals surface area contributed by atoms with Crippen molar-refractivity contribution in [1.82, 2.24) is 0 Å². The largest absolute Gasteiger partial charge is 0.497 e. The Hall–Kier alpha value is -3.59. The number of anilines is 1. The van der Waals surface area contributed by atoms with Crippen molar-refractivity contribution in [2.45, 2.75) is 39.5 Å². The van der Waals surface area contributed by atoms with Gasteiger partial charge in [-0.05, 0) is 46.7 Å². The summed E-state index contributed by atoms with van der Waals surface area (Å²) in [6.07, 6.45) is 1.40. The van der Waals surface area contributed by atoms with Crippen LogP contribution in [0.25, 0.3) is 6.08 Å². The summed E-state index contributed by atoms with van der Waals surface area (Å²) < 4.78 is 10.2. The zero-order valence-electron chi connectivity index (χ0n) is 18.6. The van der Waals surface area contributed by atoms with Crippen LogP contribution in [0, 0.1) is 11.3 Å². The molecule has 0 bridgehead atoms. The monoisotopic (exact) mass is 420 g/mol. The van der Waals surface area contributed by atoms with Gasteiger partial charge in [-0.25, -0.2) is 4.79 Å². The van der Waals surface area contributed by atoms with Gasteiger partial charge < -0.3 is 14.8 Å². The molecule has 0 heterocycles. The molecular formula is C25H28N2O4. The zero-order chi connectivity index (χ0) is 23.0. The smallest absolute Gasteiger partial charge is 0.349 e. The lowest BCUT2D eigenvalue weighted by Gasteiger charge is -2.20. The van der Waals surface area contributed by atoms with Gasteiger partial charge in [-0.3, -0.25) is 4.79 Å². The molecule has 2 rings (SSSR count). The van der Waals surface area contributed by atoms with Gasteiger partial charge in [0.2, 0.25) is 0 Å². The maximum absolute atomic E-state index is 12.5. The lowest BCUT2D eigenvalue weighted by Crippen LogP contribution is -2.23. The normalized spacial score (nSPS) is 11.2. The number of carbonyl (C=O) groups excluding carboxylic acids is 2. The van der Waals surface area contributed by atoms with Crippen LogP contribution >= 0.6 is 0 Å². The molecule has 0 radical (unpaired) electrons. The topological polar surface area (TPSA) is 88.4 Å². The summed E-state index contributed by atoms with van der Waals surface area (Å²) in [5, 5.41) is 12.2. The highest BCUT2D eigenvalue weighted by atomic mass is 16.5. The number of nitrogens with one attached hydrogen (secondary N) is 1. The number of methoxy groups -OCH3 is 1. The third kappa shape index (κ3) is 6.45. The quantitative estimate of drug-likeness (QED) is 0.367. The fourth-order valence-corrected chi connectivity index (χ4v) is 3.11. The van der Waals surface area contributed by atoms with E-state index < -0.39 is 18.5 Å². The third-order valence-electron chi connectivity index (χ3n) is 4.72. The summed E-state index contributed by atoms with van der Waals surface area (Å²) in [5.41, 5.74) is 3.19. The van der Waals surface area contributed by atoms with Crippen molar-refractivity contribution in [3.05, 3.63) is 64.7 Å². The van der Waals surface area contributed by atoms with Crippen molar-refractivity contribution < 1.29 is 19.1 Å². The third-order valence-corrected chi connectivity index (χ3v) is 4.72. The highest BCUT2D eigenvalue weighted by Gasteiger charge is 2.18. The predicted octanol–water partition coefficient (Wildman–Crippen LogP) is 5.03. The molecule has 2 aromatic carbocycles. The molecule has 162 valence electrons. The molecule has 0 aliphatic heterocycles. The standard InChI is InChI=1S/C25H28N2O4/c1-16(2)21-10-7-11-22(17(3)4)24(21)27-23(28)15-31-25(29)19(14-26)12-18-8-6-9-20(13-18)30-5/h6-13,16-17H,15H2,1-5H3,(H,27,28)/b19-12+. The summed E-state index contributed by atoms with van der Waals surface area (Å²) in [7, 11) is 1.53. The molecule has 0 spiro atoms. The Labute approximate surface area is 183 Å². The van der Waals surface area contributed by atoms with E-state index in [1.165, 1.54) is 13.2 Å². The van der Waals surface area contributed by atoms with Gasteiger partial charge in [0.1, 0.15) is 17.4 Å². The minimum absolute atomic E-state index is 0.202. The maximum Gasteiger partial charge on any atom is 0.349 e. The first kappa shape index (κ1) is 23.7. The van der Waals surface area contributed by atoms with E-state index in [1.807, 2.05) is 24.3 Å². The van der Waals surface area contributed by atoms with Crippen molar-refractivity contribution in [2.24, 2.45) is 0 Å². The molecule has 0 saturated carbocycles. The summed E-state index contributed by atoms with van der Waals surface area (Å²) in [5.74, 6) is -0.285. The number of hydrogen-bond acceptors (Lipinski definition) is 5. The lowest BCUT2D eigenvalue weighted by atomic mass is 9.92. The number of nitriles is 1. The second kappa shape index (κ2) is 11.0. The van der Waals surface area contributed by atoms with E-state index in [9.17, 15) is 14.9 Å². The minimum atomic E-state index is -0.860. The molecule has 1 N–H and O–H groups in total. The Bertz CT molecular complexity index is 990. The van der Waals surface area contributed by atoms with Gasteiger partial charge >= 0.3 is 5.97 Å². The molecule has 0 unspecified atom stereocenters. The van der Waals surface area contributed by atoms with Gasteiger partial charge in [-0.2, -0.15) is 5.26 Å². The van der Waals surface area contributed by atoms with Crippen LogP contribution in [0.1, 0.15) is 56.2 Å². The van der Waals surface area contributed by atoms with E-state index in [1.54, 1.807) is 24.3 Å². The van der Waals surface area contributed by atoms with Crippen molar-refractivity contribution in [2.75, 3.05) is 19.0 Å². The Morgan fingerprint density at radius 1 is 1.06 bits per heavy atom. The summed E-state index contributed by atoms with van der Waals surface area (Å²) in [6, 6.07) is 14.7. The SMILES string of the molecule is COc1cccc(/C=C(\C#N)C(=O)OCC(=O)Nc2c(C(C)C)cccc2C(C)C)c1. The molecule has 0 atom stereocenters. The van der Waals surface area contributed by atoms with Crippen LogP contribution in [0.3, 0.4) is 0 Å². The lowest BCUT2D eigenvalue weighted by molar-refractivity contribution is -0.142. The number of para-hydroxylation sites is 1. The van der Waals surface area contributed by atoms with Gasteiger partial charge in [-0.1, -0.05) is 58.0 Å². The Morgan fingerprint density at radius 2 is 1.68 bits per heavy atom. The minimum Gasteiger partial charge on any atom is -0.497 e. The Balaban J connectivity index is 2.11. The number of carbonyl (C=O) groups is 2. The summed E-state index contributed by atoms with van der Waals surface area (Å²) in [6.45, 7) is 7.73. The van der Waals surface area contributed by atoms with Gasteiger partial charge in [0.25, 0.3) is 5.91 Å². The second-order valence-electron chi connectivity index (χ2n) is 7.69. The number of esters is 1. The van der Waals surface area contributed by atoms with Crippen molar-refractivity contribution >= 4 is 23.6 Å². The highest BCUT2D eigenvalue weighted by molar-refractivity contribution is 6.00. The molecule has 6 heteroatoms. The van der Waals surface area contributed by atoms with Crippen molar-refractivity contribution in [3.63, 3.8) is 0 Å². The average molecular weight is 421 g/mol. The molecule has 0 fully saturated rings. The zero-order valence-corrected chi connectivity index (χ0v) is 18.6. The molecule has 1 amide bonds. The van der Waals surface area contributed by atoms with Crippen molar-refractivity contribution in [3.8, 4) is 11.8 Å². The fourth-order valence-electron chi connectivity index (χ4n) is 3.11. The van der Waals surface area contributed by atoms with Gasteiger partial charge in [0.15, 0.2) is 6.61 Å².